The summed E-state index contributed by atoms with van der Waals surface area (Å²) in [6.07, 6.45) is 0.731. The second-order valence-electron chi connectivity index (χ2n) is 5.30. The highest BCUT2D eigenvalue weighted by Crippen LogP contribution is 2.30. The maximum atomic E-state index is 6.36. The van der Waals surface area contributed by atoms with E-state index < -0.39 is 0 Å². The van der Waals surface area contributed by atoms with Gasteiger partial charge in [0, 0.05) is 6.04 Å². The number of aromatic nitrogens is 2. The molecule has 0 bridgehead atoms. The van der Waals surface area contributed by atoms with Crippen molar-refractivity contribution < 1.29 is 4.74 Å². The normalized spacial score (nSPS) is 12.7. The van der Waals surface area contributed by atoms with E-state index in [1.54, 1.807) is 7.11 Å². The lowest BCUT2D eigenvalue weighted by atomic mass is 9.99. The molecule has 0 saturated heterocycles. The second-order valence-corrected chi connectivity index (χ2v) is 6.09. The molecule has 5 heteroatoms. The molecule has 0 aliphatic heterocycles. The van der Waals surface area contributed by atoms with Crippen molar-refractivity contribution in [1.29, 1.82) is 0 Å². The summed E-state index contributed by atoms with van der Waals surface area (Å²) in [7, 11) is 1.69. The Morgan fingerprint density at radius 1 is 1.35 bits per heavy atom. The zero-order valence-corrected chi connectivity index (χ0v) is 13.2. The summed E-state index contributed by atoms with van der Waals surface area (Å²) in [5.74, 6) is 1.23. The van der Waals surface area contributed by atoms with Crippen LogP contribution in [0, 0.1) is 6.92 Å². The number of benzene rings is 1. The van der Waals surface area contributed by atoms with E-state index in [0.717, 1.165) is 28.3 Å². The Kier molecular flexibility index (Phi) is 4.73. The molecular formula is C15H21N3OS. The van der Waals surface area contributed by atoms with Crippen LogP contribution in [-0.2, 0) is 6.42 Å². The minimum atomic E-state index is -0.0944. The molecule has 0 aliphatic rings. The van der Waals surface area contributed by atoms with Crippen molar-refractivity contribution in [2.45, 2.75) is 39.2 Å². The Labute approximate surface area is 124 Å². The first kappa shape index (κ1) is 14.9. The minimum Gasteiger partial charge on any atom is -0.496 e. The van der Waals surface area contributed by atoms with Crippen LogP contribution in [0.1, 0.15) is 47.5 Å². The van der Waals surface area contributed by atoms with Gasteiger partial charge in [-0.15, -0.1) is 5.10 Å². The van der Waals surface area contributed by atoms with Gasteiger partial charge in [0.2, 0.25) is 0 Å². The van der Waals surface area contributed by atoms with Crippen LogP contribution in [0.15, 0.2) is 18.2 Å². The lowest BCUT2D eigenvalue weighted by Crippen LogP contribution is -2.15. The number of ether oxygens (including phenoxy) is 1. The average Bonchev–Trinajstić information content (AvgIpc) is 2.88. The van der Waals surface area contributed by atoms with Gasteiger partial charge in [-0.25, -0.2) is 0 Å². The summed E-state index contributed by atoms with van der Waals surface area (Å²) < 4.78 is 9.46. The molecule has 0 spiro atoms. The number of hydrogen-bond donors (Lipinski definition) is 1. The molecule has 108 valence electrons. The highest BCUT2D eigenvalue weighted by molar-refractivity contribution is 7.05. The average molecular weight is 291 g/mol. The molecule has 1 aromatic heterocycles. The van der Waals surface area contributed by atoms with Gasteiger partial charge in [-0.05, 0) is 42.4 Å². The van der Waals surface area contributed by atoms with E-state index in [4.69, 9.17) is 10.5 Å². The fourth-order valence-electron chi connectivity index (χ4n) is 2.26. The van der Waals surface area contributed by atoms with Gasteiger partial charge in [0.1, 0.15) is 5.75 Å². The Balaban J connectivity index is 2.25. The fourth-order valence-corrected chi connectivity index (χ4v) is 3.06. The molecule has 1 atom stereocenters. The van der Waals surface area contributed by atoms with E-state index in [1.165, 1.54) is 17.1 Å². The van der Waals surface area contributed by atoms with Gasteiger partial charge in [-0.1, -0.05) is 36.0 Å². The van der Waals surface area contributed by atoms with Crippen LogP contribution >= 0.6 is 11.5 Å². The number of methoxy groups -OCH3 is 1. The maximum absolute atomic E-state index is 6.36. The lowest BCUT2D eigenvalue weighted by molar-refractivity contribution is 0.408. The van der Waals surface area contributed by atoms with E-state index in [-0.39, 0.29) is 6.04 Å². The molecule has 2 N–H and O–H groups in total. The Morgan fingerprint density at radius 2 is 2.10 bits per heavy atom. The Bertz CT molecular complexity index is 580. The van der Waals surface area contributed by atoms with Crippen LogP contribution in [-0.4, -0.2) is 16.7 Å². The van der Waals surface area contributed by atoms with E-state index in [2.05, 4.69) is 36.4 Å². The molecular weight excluding hydrogens is 270 g/mol. The van der Waals surface area contributed by atoms with Gasteiger partial charge in [0.25, 0.3) is 0 Å². The molecule has 20 heavy (non-hydrogen) atoms. The van der Waals surface area contributed by atoms with Gasteiger partial charge in [-0.3, -0.25) is 0 Å². The first-order chi connectivity index (χ1) is 9.52. The maximum Gasteiger partial charge on any atom is 0.122 e. The third kappa shape index (κ3) is 3.16. The molecule has 0 aliphatic carbocycles. The zero-order valence-electron chi connectivity index (χ0n) is 12.4. The van der Waals surface area contributed by atoms with Gasteiger partial charge >= 0.3 is 0 Å². The Morgan fingerprint density at radius 3 is 2.75 bits per heavy atom. The molecule has 0 radical (unpaired) electrons. The van der Waals surface area contributed by atoms with E-state index in [0.29, 0.717) is 5.92 Å². The third-order valence-electron chi connectivity index (χ3n) is 3.30. The van der Waals surface area contributed by atoms with Crippen molar-refractivity contribution in [3.05, 3.63) is 39.9 Å². The Hall–Kier alpha value is -1.46. The molecule has 0 fully saturated rings. The van der Waals surface area contributed by atoms with Crippen LogP contribution in [0.3, 0.4) is 0 Å². The summed E-state index contributed by atoms with van der Waals surface area (Å²) >= 11 is 1.40. The van der Waals surface area contributed by atoms with E-state index >= 15 is 0 Å². The van der Waals surface area contributed by atoms with Crippen molar-refractivity contribution in [3.63, 3.8) is 0 Å². The summed E-state index contributed by atoms with van der Waals surface area (Å²) in [4.78, 5) is 1.07. The van der Waals surface area contributed by atoms with Crippen LogP contribution in [0.25, 0.3) is 0 Å². The molecule has 1 heterocycles. The van der Waals surface area contributed by atoms with Crippen molar-refractivity contribution in [1.82, 2.24) is 9.59 Å². The first-order valence-corrected chi connectivity index (χ1v) is 7.51. The van der Waals surface area contributed by atoms with Crippen LogP contribution < -0.4 is 10.5 Å². The van der Waals surface area contributed by atoms with Crippen molar-refractivity contribution >= 4 is 11.5 Å². The molecule has 2 aromatic rings. The molecule has 0 saturated carbocycles. The van der Waals surface area contributed by atoms with Crippen LogP contribution in [0.5, 0.6) is 5.75 Å². The van der Waals surface area contributed by atoms with Crippen LogP contribution in [0.4, 0.5) is 0 Å². The van der Waals surface area contributed by atoms with Gasteiger partial charge in [0.05, 0.1) is 17.7 Å². The number of rotatable bonds is 5. The molecule has 4 nitrogen and oxygen atoms in total. The first-order valence-electron chi connectivity index (χ1n) is 6.74. The van der Waals surface area contributed by atoms with E-state index in [9.17, 15) is 0 Å². The highest BCUT2D eigenvalue weighted by Gasteiger charge is 2.19. The molecule has 0 amide bonds. The SMILES string of the molecule is COc1ccc(C)cc1CC(N)c1snnc1C(C)C. The van der Waals surface area contributed by atoms with Crippen LogP contribution in [0.2, 0.25) is 0 Å². The summed E-state index contributed by atoms with van der Waals surface area (Å²) in [6.45, 7) is 6.29. The largest absolute Gasteiger partial charge is 0.496 e. The number of hydrogen-bond acceptors (Lipinski definition) is 5. The quantitative estimate of drug-likeness (QED) is 0.918. The predicted octanol–water partition coefficient (Wildman–Crippen LogP) is 3.22. The second kappa shape index (κ2) is 6.33. The highest BCUT2D eigenvalue weighted by atomic mass is 32.1. The van der Waals surface area contributed by atoms with Gasteiger partial charge in [0.15, 0.2) is 0 Å². The topological polar surface area (TPSA) is 61.0 Å². The standard InChI is InChI=1S/C15H21N3OS/c1-9(2)14-15(20-18-17-14)12(16)8-11-7-10(3)5-6-13(11)19-4/h5-7,9,12H,8,16H2,1-4H3. The summed E-state index contributed by atoms with van der Waals surface area (Å²) in [6, 6.07) is 6.07. The van der Waals surface area contributed by atoms with Gasteiger partial charge < -0.3 is 10.5 Å². The molecule has 2 rings (SSSR count). The predicted molar refractivity (Wildman–Crippen MR) is 82.4 cm³/mol. The molecule has 1 unspecified atom stereocenters. The fraction of sp³-hybridized carbons (Fsp3) is 0.467. The van der Waals surface area contributed by atoms with Crippen molar-refractivity contribution in [2.75, 3.05) is 7.11 Å². The van der Waals surface area contributed by atoms with Gasteiger partial charge in [-0.2, -0.15) is 0 Å². The number of nitrogens with two attached hydrogens (primary N) is 1. The van der Waals surface area contributed by atoms with Crippen molar-refractivity contribution in [3.8, 4) is 5.75 Å². The monoisotopic (exact) mass is 291 g/mol. The minimum absolute atomic E-state index is 0.0944. The number of nitrogens with zero attached hydrogens (tertiary/aromatic N) is 2. The number of aryl methyl sites for hydroxylation is 1. The smallest absolute Gasteiger partial charge is 0.122 e. The third-order valence-corrected chi connectivity index (χ3v) is 4.17. The van der Waals surface area contributed by atoms with Crippen molar-refractivity contribution in [2.24, 2.45) is 5.73 Å². The van der Waals surface area contributed by atoms with E-state index in [1.807, 2.05) is 12.1 Å². The zero-order chi connectivity index (χ0) is 14.7. The molecule has 1 aromatic carbocycles. The summed E-state index contributed by atoms with van der Waals surface area (Å²) in [5.41, 5.74) is 9.70. The summed E-state index contributed by atoms with van der Waals surface area (Å²) in [5, 5.41) is 4.20. The lowest BCUT2D eigenvalue weighted by Gasteiger charge is -2.15.